The molecule has 2 aromatic heterocycles. The van der Waals surface area contributed by atoms with Crippen LogP contribution in [0.5, 0.6) is 0 Å². The third-order valence-electron chi connectivity index (χ3n) is 5.99. The van der Waals surface area contributed by atoms with Crippen LogP contribution in [0.2, 0.25) is 0 Å². The van der Waals surface area contributed by atoms with E-state index in [4.69, 9.17) is 4.74 Å². The molecular weight excluding hydrogens is 461 g/mol. The molecule has 2 unspecified atom stereocenters. The summed E-state index contributed by atoms with van der Waals surface area (Å²) in [4.78, 5) is 18.5. The van der Waals surface area contributed by atoms with Gasteiger partial charge in [0, 0.05) is 17.0 Å². The summed E-state index contributed by atoms with van der Waals surface area (Å²) in [5.41, 5.74) is 1.90. The van der Waals surface area contributed by atoms with Gasteiger partial charge in [-0.15, -0.1) is 21.5 Å². The monoisotopic (exact) mass is 487 g/mol. The molecule has 0 spiro atoms. The Morgan fingerprint density at radius 2 is 2.15 bits per heavy atom. The molecular formula is C23H26FN5O2S2. The molecule has 0 radical (unpaired) electrons. The van der Waals surface area contributed by atoms with E-state index >= 15 is 0 Å². The van der Waals surface area contributed by atoms with E-state index in [9.17, 15) is 9.18 Å². The Labute approximate surface area is 200 Å². The maximum absolute atomic E-state index is 13.4. The number of carbonyl (C=O) groups excluding carboxylic acids is 1. The zero-order valence-corrected chi connectivity index (χ0v) is 20.1. The van der Waals surface area contributed by atoms with Gasteiger partial charge in [-0.05, 0) is 62.3 Å². The Morgan fingerprint density at radius 3 is 2.94 bits per heavy atom. The predicted molar refractivity (Wildman–Crippen MR) is 127 cm³/mol. The van der Waals surface area contributed by atoms with Crippen molar-refractivity contribution in [3.05, 3.63) is 40.7 Å². The first-order valence-electron chi connectivity index (χ1n) is 11.3. The number of fused-ring (bicyclic) bond motifs is 1. The van der Waals surface area contributed by atoms with Gasteiger partial charge in [-0.25, -0.2) is 9.37 Å². The normalized spacial score (nSPS) is 20.1. The number of anilines is 1. The molecule has 174 valence electrons. The number of rotatable bonds is 7. The fraction of sp³-hybridized carbons (Fsp3) is 0.478. The number of aromatic nitrogens is 4. The highest BCUT2D eigenvalue weighted by Crippen LogP contribution is 2.32. The van der Waals surface area contributed by atoms with Crippen molar-refractivity contribution in [2.24, 2.45) is 5.92 Å². The lowest BCUT2D eigenvalue weighted by atomic mass is 9.93. The summed E-state index contributed by atoms with van der Waals surface area (Å²) < 4.78 is 21.2. The number of ether oxygens (including phenoxy) is 1. The maximum atomic E-state index is 13.4. The van der Waals surface area contributed by atoms with Crippen LogP contribution in [0.1, 0.15) is 36.8 Å². The van der Waals surface area contributed by atoms with E-state index in [1.54, 1.807) is 23.5 Å². The average molecular weight is 488 g/mol. The summed E-state index contributed by atoms with van der Waals surface area (Å²) in [5, 5.41) is 12.9. The maximum Gasteiger partial charge on any atom is 0.236 e. The van der Waals surface area contributed by atoms with Crippen LogP contribution in [0.3, 0.4) is 0 Å². The number of halogens is 1. The Hall–Kier alpha value is -2.30. The van der Waals surface area contributed by atoms with Crippen molar-refractivity contribution in [3.63, 3.8) is 0 Å². The van der Waals surface area contributed by atoms with Crippen molar-refractivity contribution in [1.82, 2.24) is 19.7 Å². The Balaban J connectivity index is 1.28. The molecule has 2 aliphatic rings. The SMILES string of the molecule is CC1CCc2nc(NC(=O)CSc3nnc(-c4ccc(F)cc4)n3CC3CCCO3)sc2C1. The summed E-state index contributed by atoms with van der Waals surface area (Å²) in [7, 11) is 0. The van der Waals surface area contributed by atoms with E-state index in [0.29, 0.717) is 28.6 Å². The van der Waals surface area contributed by atoms with Crippen molar-refractivity contribution in [2.45, 2.75) is 56.8 Å². The number of thiazole rings is 1. The van der Waals surface area contributed by atoms with Crippen LogP contribution >= 0.6 is 23.1 Å². The van der Waals surface area contributed by atoms with Gasteiger partial charge in [0.25, 0.3) is 0 Å². The average Bonchev–Trinajstić information content (AvgIpc) is 3.53. The van der Waals surface area contributed by atoms with Crippen LogP contribution in [-0.4, -0.2) is 44.1 Å². The first-order chi connectivity index (χ1) is 16.0. The quantitative estimate of drug-likeness (QED) is 0.492. The van der Waals surface area contributed by atoms with Crippen molar-refractivity contribution in [3.8, 4) is 11.4 Å². The fourth-order valence-electron chi connectivity index (χ4n) is 4.24. The molecule has 1 aromatic carbocycles. The molecule has 1 fully saturated rings. The number of amides is 1. The number of benzene rings is 1. The fourth-order valence-corrected chi connectivity index (χ4v) is 6.18. The Kier molecular flexibility index (Phi) is 6.75. The molecule has 1 aliphatic heterocycles. The third-order valence-corrected chi connectivity index (χ3v) is 8.00. The summed E-state index contributed by atoms with van der Waals surface area (Å²) >= 11 is 2.92. The van der Waals surface area contributed by atoms with Crippen molar-refractivity contribution >= 4 is 34.1 Å². The van der Waals surface area contributed by atoms with Crippen LogP contribution in [0.15, 0.2) is 29.4 Å². The zero-order chi connectivity index (χ0) is 22.8. The van der Waals surface area contributed by atoms with Gasteiger partial charge in [-0.1, -0.05) is 18.7 Å². The molecule has 33 heavy (non-hydrogen) atoms. The standard InChI is InChI=1S/C23H26FN5O2S2/c1-14-4-9-18-19(11-14)33-22(25-18)26-20(30)13-32-23-28-27-21(15-5-7-16(24)8-6-15)29(23)12-17-3-2-10-31-17/h5-8,14,17H,2-4,9-13H2,1H3,(H,25,26,30). The van der Waals surface area contributed by atoms with E-state index < -0.39 is 0 Å². The molecule has 2 atom stereocenters. The predicted octanol–water partition coefficient (Wildman–Crippen LogP) is 4.58. The van der Waals surface area contributed by atoms with Crippen molar-refractivity contribution in [2.75, 3.05) is 17.7 Å². The zero-order valence-electron chi connectivity index (χ0n) is 18.4. The van der Waals surface area contributed by atoms with Crippen LogP contribution in [0.25, 0.3) is 11.4 Å². The molecule has 3 heterocycles. The van der Waals surface area contributed by atoms with E-state index in [0.717, 1.165) is 50.0 Å². The van der Waals surface area contributed by atoms with Crippen LogP contribution < -0.4 is 5.32 Å². The lowest BCUT2D eigenvalue weighted by Crippen LogP contribution is -2.18. The molecule has 1 N–H and O–H groups in total. The highest BCUT2D eigenvalue weighted by molar-refractivity contribution is 7.99. The Morgan fingerprint density at radius 1 is 1.30 bits per heavy atom. The molecule has 1 amide bonds. The first-order valence-corrected chi connectivity index (χ1v) is 13.1. The molecule has 10 heteroatoms. The number of hydrogen-bond donors (Lipinski definition) is 1. The number of nitrogens with zero attached hydrogens (tertiary/aromatic N) is 4. The van der Waals surface area contributed by atoms with Crippen LogP contribution in [-0.2, 0) is 28.9 Å². The second-order valence-corrected chi connectivity index (χ2v) is 10.7. The van der Waals surface area contributed by atoms with E-state index in [1.807, 2.05) is 4.57 Å². The lowest BCUT2D eigenvalue weighted by molar-refractivity contribution is -0.113. The van der Waals surface area contributed by atoms with Crippen molar-refractivity contribution in [1.29, 1.82) is 0 Å². The number of hydrogen-bond acceptors (Lipinski definition) is 7. The first kappa shape index (κ1) is 22.5. The van der Waals surface area contributed by atoms with Gasteiger partial charge in [-0.3, -0.25) is 9.36 Å². The van der Waals surface area contributed by atoms with E-state index in [2.05, 4.69) is 27.4 Å². The van der Waals surface area contributed by atoms with Gasteiger partial charge < -0.3 is 10.1 Å². The second kappa shape index (κ2) is 9.90. The third kappa shape index (κ3) is 5.28. The second-order valence-electron chi connectivity index (χ2n) is 8.63. The van der Waals surface area contributed by atoms with E-state index in [-0.39, 0.29) is 23.6 Å². The summed E-state index contributed by atoms with van der Waals surface area (Å²) in [5.74, 6) is 1.11. The topological polar surface area (TPSA) is 81.9 Å². The largest absolute Gasteiger partial charge is 0.376 e. The van der Waals surface area contributed by atoms with Crippen molar-refractivity contribution < 1.29 is 13.9 Å². The highest BCUT2D eigenvalue weighted by atomic mass is 32.2. The summed E-state index contributed by atoms with van der Waals surface area (Å²) in [6.45, 7) is 3.60. The molecule has 1 saturated heterocycles. The summed E-state index contributed by atoms with van der Waals surface area (Å²) in [6.07, 6.45) is 5.25. The molecule has 1 aliphatic carbocycles. The molecule has 7 nitrogen and oxygen atoms in total. The lowest BCUT2D eigenvalue weighted by Gasteiger charge is -2.15. The Bertz CT molecular complexity index is 1120. The molecule has 0 bridgehead atoms. The molecule has 5 rings (SSSR count). The summed E-state index contributed by atoms with van der Waals surface area (Å²) in [6, 6.07) is 6.21. The van der Waals surface area contributed by atoms with Gasteiger partial charge in [0.2, 0.25) is 5.91 Å². The highest BCUT2D eigenvalue weighted by Gasteiger charge is 2.23. The number of nitrogens with one attached hydrogen (secondary N) is 1. The minimum atomic E-state index is -0.298. The van der Waals surface area contributed by atoms with Gasteiger partial charge in [0.05, 0.1) is 24.1 Å². The van der Waals surface area contributed by atoms with E-state index in [1.165, 1.54) is 28.8 Å². The van der Waals surface area contributed by atoms with Gasteiger partial charge >= 0.3 is 0 Å². The number of thioether (sulfide) groups is 1. The van der Waals surface area contributed by atoms with Gasteiger partial charge in [-0.2, -0.15) is 0 Å². The number of aryl methyl sites for hydroxylation is 1. The van der Waals surface area contributed by atoms with Crippen LogP contribution in [0.4, 0.5) is 9.52 Å². The molecule has 0 saturated carbocycles. The minimum absolute atomic E-state index is 0.0809. The van der Waals surface area contributed by atoms with Crippen LogP contribution in [0, 0.1) is 11.7 Å². The van der Waals surface area contributed by atoms with Gasteiger partial charge in [0.15, 0.2) is 16.1 Å². The minimum Gasteiger partial charge on any atom is -0.376 e. The molecule has 3 aromatic rings. The number of carbonyl (C=O) groups is 1. The smallest absolute Gasteiger partial charge is 0.236 e. The van der Waals surface area contributed by atoms with Gasteiger partial charge in [0.1, 0.15) is 5.82 Å².